The first kappa shape index (κ1) is 123. The number of Topliss-reactive ketones (excluding diaryl/α,β-unsaturated/α-hetero) is 1. The Hall–Kier alpha value is -11.5. The second kappa shape index (κ2) is 54.6. The number of morpholine rings is 3. The van der Waals surface area contributed by atoms with Crippen molar-refractivity contribution in [2.75, 3.05) is 115 Å². The van der Waals surface area contributed by atoms with E-state index < -0.39 is 83.8 Å². The van der Waals surface area contributed by atoms with Crippen LogP contribution in [-0.2, 0) is 97.5 Å². The van der Waals surface area contributed by atoms with Crippen molar-refractivity contribution in [3.8, 4) is 0 Å². The van der Waals surface area contributed by atoms with E-state index >= 15 is 0 Å². The van der Waals surface area contributed by atoms with Gasteiger partial charge in [-0.15, -0.1) is 0 Å². The van der Waals surface area contributed by atoms with Crippen LogP contribution in [0.3, 0.4) is 0 Å². The maximum atomic E-state index is 13.8. The Morgan fingerprint density at radius 3 is 1.20 bits per heavy atom. The number of nitrogens with two attached hydrogens (primary N) is 2. The van der Waals surface area contributed by atoms with Crippen LogP contribution in [0, 0.1) is 53.8 Å². The number of sulfone groups is 3. The molecule has 0 bridgehead atoms. The van der Waals surface area contributed by atoms with E-state index in [2.05, 4.69) is 101 Å². The molecule has 4 aliphatic rings. The largest absolute Gasteiger partial charge is 0.399 e. The summed E-state index contributed by atoms with van der Waals surface area (Å²) in [7, 11) is -14.9. The number of carbonyl (C=O) groups excluding carboxylic acids is 2. The molecule has 0 radical (unpaired) electrons. The Morgan fingerprint density at radius 1 is 0.444 bits per heavy atom. The minimum Gasteiger partial charge on any atom is -0.399 e. The third kappa shape index (κ3) is 36.6. The molecule has 792 valence electrons. The molecule has 0 spiro atoms. The molecule has 1 saturated carbocycles. The predicted octanol–water partition coefficient (Wildman–Crippen LogP) is 23.6. The monoisotopic (exact) mass is 2070 g/mol. The van der Waals surface area contributed by atoms with E-state index in [1.807, 2.05) is 80.3 Å². The molecule has 2 amide bonds. The molecule has 9 aromatic rings. The van der Waals surface area contributed by atoms with E-state index in [4.69, 9.17) is 25.7 Å². The lowest BCUT2D eigenvalue weighted by Gasteiger charge is -2.31. The standard InChI is InChI=1S/C39H60N4O5S.C21H26N2O5S.C21H28N2O3S.C17H18FNO4S.C6H5FN2O2.4CH4/c1-6-8-12-29(7-2)15-22-37(44)35(27-30-13-10-9-11-14-30)41-38(45)40-32-18-21-36(43-23-25-48-26-24-43)34(28-32)42-49(46,47)33-19-16-31(17-20-33)39(3,4)5;1-21(2,3)17-4-7-19(8-5-17)29(26,27)15-16-14-18(23(24)25)6-9-20(16)22-10-12-28-13-11-22;1-21(2,3)17-4-7-19(8-5-17)27(24,25)15-16-14-18(22)6-9-20(16)23-10-12-26-13-11-23;1-17(2,3)13-4-7-15(8-5-13)24(22,23)11-12-10-14(19(20)21)6-9-16(12)18;7-5-2-1-4(9(10)11)3-6(5)8;;;;/h16-21,28-30,35,42H,6-15,22-27H2,1-5H3,(H2,40,41,45);4-9,14H,10-13,15H2,1-3H3;4-9,14H,10-13,15,22H2,1-3H3;4-10H,11H2,1-3H3;1-3H,8H2;4*1H4/t29?,35-;;;;;;;;/m1......../s1. The van der Waals surface area contributed by atoms with Crippen LogP contribution in [0.25, 0.3) is 0 Å². The number of sulfonamides is 1. The Balaban J connectivity index is 0.000000334. The molecule has 36 heteroatoms. The molecule has 9 aromatic carbocycles. The van der Waals surface area contributed by atoms with Crippen molar-refractivity contribution in [2.24, 2.45) is 11.8 Å². The van der Waals surface area contributed by atoms with Gasteiger partial charge in [0.1, 0.15) is 11.6 Å². The van der Waals surface area contributed by atoms with Crippen molar-refractivity contribution >= 4 is 108 Å². The first-order valence-electron chi connectivity index (χ1n) is 47.4. The number of hydrogen-bond acceptors (Lipinski definition) is 24. The predicted molar refractivity (Wildman–Crippen MR) is 576 cm³/mol. The van der Waals surface area contributed by atoms with E-state index in [0.717, 1.165) is 122 Å². The van der Waals surface area contributed by atoms with Crippen molar-refractivity contribution < 1.29 is 81.0 Å². The fraction of sp³-hybridized carbons (Fsp3) is 0.481. The fourth-order valence-electron chi connectivity index (χ4n) is 16.6. The molecule has 30 nitrogen and oxygen atoms in total. The van der Waals surface area contributed by atoms with Gasteiger partial charge < -0.3 is 51.0 Å². The molecule has 7 N–H and O–H groups in total. The highest BCUT2D eigenvalue weighted by Gasteiger charge is 2.32. The van der Waals surface area contributed by atoms with Gasteiger partial charge in [-0.25, -0.2) is 47.2 Å². The Kier molecular flexibility index (Phi) is 46.6. The average molecular weight is 2080 g/mol. The van der Waals surface area contributed by atoms with Crippen LogP contribution in [-0.4, -0.2) is 145 Å². The number of halogens is 2. The minimum atomic E-state index is -3.93. The fourth-order valence-corrected chi connectivity index (χ4v) is 21.7. The second-order valence-corrected chi connectivity index (χ2v) is 47.4. The van der Waals surface area contributed by atoms with Crippen LogP contribution in [0.4, 0.5) is 70.4 Å². The number of unbranched alkanes of at least 4 members (excludes halogenated alkanes) is 1. The molecule has 13 rings (SSSR count). The molecule has 1 aliphatic carbocycles. The third-order valence-electron chi connectivity index (χ3n) is 25.0. The highest BCUT2D eigenvalue weighted by molar-refractivity contribution is 7.93. The summed E-state index contributed by atoms with van der Waals surface area (Å²) in [5.41, 5.74) is 18.7. The van der Waals surface area contributed by atoms with Crippen molar-refractivity contribution in [3.05, 3.63) is 269 Å². The van der Waals surface area contributed by atoms with Crippen LogP contribution >= 0.6 is 0 Å². The SMILES string of the molecule is C.C.C.C.CC(C)(C)c1ccc(S(=O)(=O)Cc2cc(N)ccc2N2CCOCC2)cc1.CC(C)(C)c1ccc(S(=O)(=O)Cc2cc([N+](=O)[O-])ccc2F)cc1.CC(C)(C)c1ccc(S(=O)(=O)Cc2cc([N+](=O)[O-])ccc2N2CCOCC2)cc1.CCCCC(CC)CCC(=O)[C@@H](CC1CCCCC1)NC(=O)Nc1ccc(N2CCOCC2)c(NS(=O)(=O)c2ccc(C(C)(C)C)cc2)c1.Nc1cc([N+](=O)[O-])ccc1F. The number of nitrogen functional groups attached to an aromatic ring is 2. The number of non-ortho nitro benzene ring substituents is 3. The first-order chi connectivity index (χ1) is 65.7. The molecule has 3 saturated heterocycles. The third-order valence-corrected chi connectivity index (χ3v) is 31.4. The Bertz CT molecular complexity index is 6190. The van der Waals surface area contributed by atoms with E-state index in [9.17, 15) is 82.4 Å². The van der Waals surface area contributed by atoms with Crippen LogP contribution in [0.2, 0.25) is 0 Å². The number of ether oxygens (including phenoxy) is 3. The van der Waals surface area contributed by atoms with Gasteiger partial charge in [0.15, 0.2) is 35.3 Å². The van der Waals surface area contributed by atoms with Crippen LogP contribution in [0.15, 0.2) is 208 Å². The number of urea groups is 1. The number of nitrogens with one attached hydrogen (secondary N) is 3. The number of nitro groups is 3. The number of amides is 2. The van der Waals surface area contributed by atoms with Gasteiger partial charge in [-0.1, -0.05) is 233 Å². The summed E-state index contributed by atoms with van der Waals surface area (Å²) in [6.45, 7) is 36.6. The summed E-state index contributed by atoms with van der Waals surface area (Å²) in [5.74, 6) is -1.37. The highest BCUT2D eigenvalue weighted by Crippen LogP contribution is 2.38. The number of benzene rings is 9. The van der Waals surface area contributed by atoms with Gasteiger partial charge in [-0.3, -0.25) is 39.9 Å². The van der Waals surface area contributed by atoms with Gasteiger partial charge in [-0.2, -0.15) is 0 Å². The number of anilines is 7. The zero-order valence-electron chi connectivity index (χ0n) is 82.7. The zero-order chi connectivity index (χ0) is 103. The summed E-state index contributed by atoms with van der Waals surface area (Å²) in [6.07, 6.45) is 12.2. The van der Waals surface area contributed by atoms with Crippen LogP contribution in [0.5, 0.6) is 0 Å². The highest BCUT2D eigenvalue weighted by atomic mass is 32.2. The first-order valence-corrected chi connectivity index (χ1v) is 53.8. The van der Waals surface area contributed by atoms with E-state index in [0.29, 0.717) is 129 Å². The molecule has 4 fully saturated rings. The average Bonchev–Trinajstić information content (AvgIpc) is 0.796. The topological polar surface area (TPSA) is 426 Å². The summed E-state index contributed by atoms with van der Waals surface area (Å²) in [6, 6.07) is 47.5. The molecule has 3 heterocycles. The quantitative estimate of drug-likeness (QED) is 0.0159. The smallest absolute Gasteiger partial charge is 0.319 e. The number of carbonyl (C=O) groups is 2. The van der Waals surface area contributed by atoms with Crippen molar-refractivity contribution in [2.45, 2.75) is 268 Å². The van der Waals surface area contributed by atoms with E-state index in [-0.39, 0.29) is 112 Å². The lowest BCUT2D eigenvalue weighted by atomic mass is 9.83. The van der Waals surface area contributed by atoms with Gasteiger partial charge in [0.2, 0.25) is 0 Å². The lowest BCUT2D eigenvalue weighted by Crippen LogP contribution is -2.44. The van der Waals surface area contributed by atoms with Crippen LogP contribution in [0.1, 0.15) is 243 Å². The van der Waals surface area contributed by atoms with Gasteiger partial charge in [0.05, 0.1) is 114 Å². The molecule has 2 atom stereocenters. The maximum absolute atomic E-state index is 13.8. The minimum absolute atomic E-state index is 0. The van der Waals surface area contributed by atoms with E-state index in [1.54, 1.807) is 72.8 Å². The zero-order valence-corrected chi connectivity index (χ0v) is 86.0. The number of nitrogens with zero attached hydrogens (tertiary/aromatic N) is 6. The molecule has 3 aliphatic heterocycles. The lowest BCUT2D eigenvalue weighted by molar-refractivity contribution is -0.385. The van der Waals surface area contributed by atoms with Gasteiger partial charge >= 0.3 is 6.03 Å². The summed E-state index contributed by atoms with van der Waals surface area (Å²) >= 11 is 0. The Morgan fingerprint density at radius 2 is 0.806 bits per heavy atom. The van der Waals surface area contributed by atoms with E-state index in [1.165, 1.54) is 49.9 Å². The number of rotatable bonds is 30. The van der Waals surface area contributed by atoms with Crippen molar-refractivity contribution in [1.29, 1.82) is 0 Å². The summed E-state index contributed by atoms with van der Waals surface area (Å²) < 4.78 is 150. The molecular formula is C108H153F2N11O19S4. The molecular weight excluding hydrogens is 1920 g/mol. The van der Waals surface area contributed by atoms with Gasteiger partial charge in [-0.05, 0) is 183 Å². The van der Waals surface area contributed by atoms with Gasteiger partial charge in [0, 0.05) is 110 Å². The normalized spacial score (nSPS) is 14.7. The van der Waals surface area contributed by atoms with Crippen molar-refractivity contribution in [3.63, 3.8) is 0 Å². The second-order valence-electron chi connectivity index (χ2n) is 39.8. The number of hydrogen-bond donors (Lipinski definition) is 5. The maximum Gasteiger partial charge on any atom is 0.319 e. The molecule has 1 unspecified atom stereocenters. The van der Waals surface area contributed by atoms with Crippen molar-refractivity contribution in [1.82, 2.24) is 5.32 Å². The number of nitro benzene ring substituents is 3. The Labute approximate surface area is 853 Å². The molecule has 144 heavy (non-hydrogen) atoms. The molecule has 0 aromatic heterocycles. The van der Waals surface area contributed by atoms with Gasteiger partial charge in [0.25, 0.3) is 27.1 Å². The number of ketones is 1. The van der Waals surface area contributed by atoms with Crippen LogP contribution < -0.4 is 41.5 Å². The summed E-state index contributed by atoms with van der Waals surface area (Å²) in [4.78, 5) is 64.4. The summed E-state index contributed by atoms with van der Waals surface area (Å²) in [5, 5.41) is 38.0.